The molecule has 208 valence electrons. The van der Waals surface area contributed by atoms with E-state index in [2.05, 4.69) is 42.9 Å². The maximum Gasteiger partial charge on any atom is 0.306 e. The molecule has 1 amide bonds. The third-order valence-corrected chi connectivity index (χ3v) is 6.84. The first-order valence-electron chi connectivity index (χ1n) is 12.3. The third kappa shape index (κ3) is 6.41. The van der Waals surface area contributed by atoms with Gasteiger partial charge in [-0.2, -0.15) is 9.97 Å². The van der Waals surface area contributed by atoms with Crippen molar-refractivity contribution < 1.29 is 28.6 Å². The van der Waals surface area contributed by atoms with Crippen molar-refractivity contribution in [3.63, 3.8) is 0 Å². The Bertz CT molecular complexity index is 1380. The van der Waals surface area contributed by atoms with Crippen molar-refractivity contribution in [2.45, 2.75) is 57.8 Å². The number of anilines is 1. The first-order valence-corrected chi connectivity index (χ1v) is 13.7. The lowest BCUT2D eigenvalue weighted by atomic mass is 10.1. The molecule has 1 N–H and O–H groups in total. The molecule has 0 bridgehead atoms. The Hall–Kier alpha value is -3.04. The summed E-state index contributed by atoms with van der Waals surface area (Å²) in [7, 11) is 3.10. The van der Waals surface area contributed by atoms with Crippen LogP contribution in [0.4, 0.5) is 5.82 Å². The smallest absolute Gasteiger partial charge is 0.306 e. The summed E-state index contributed by atoms with van der Waals surface area (Å²) in [6.07, 6.45) is -3.12. The Morgan fingerprint density at radius 2 is 1.82 bits per heavy atom. The van der Waals surface area contributed by atoms with Gasteiger partial charge in [-0.3, -0.25) is 19.0 Å². The van der Waals surface area contributed by atoms with Gasteiger partial charge in [0.2, 0.25) is 5.28 Å². The summed E-state index contributed by atoms with van der Waals surface area (Å²) < 4.78 is 20.0. The lowest BCUT2D eigenvalue weighted by Crippen LogP contribution is -2.45. The van der Waals surface area contributed by atoms with E-state index >= 15 is 0 Å². The first-order chi connectivity index (χ1) is 18.6. The molecule has 39 heavy (non-hydrogen) atoms. The number of carbonyl (C=O) groups excluding carboxylic acids is 3. The van der Waals surface area contributed by atoms with Crippen LogP contribution in [0.25, 0.3) is 11.2 Å². The van der Waals surface area contributed by atoms with Gasteiger partial charge in [0, 0.05) is 37.1 Å². The van der Waals surface area contributed by atoms with Gasteiger partial charge in [-0.15, -0.1) is 0 Å². The highest BCUT2D eigenvalue weighted by molar-refractivity contribution is 14.1. The first kappa shape index (κ1) is 29.0. The number of fused-ring (bicyclic) bond motifs is 1. The fraction of sp³-hybridized carbons (Fsp3) is 0.440. The molecule has 0 aliphatic carbocycles. The van der Waals surface area contributed by atoms with Gasteiger partial charge in [0.05, 0.1) is 6.33 Å². The van der Waals surface area contributed by atoms with Crippen molar-refractivity contribution >= 4 is 69.0 Å². The fourth-order valence-corrected chi connectivity index (χ4v) is 4.85. The quantitative estimate of drug-likeness (QED) is 0.205. The van der Waals surface area contributed by atoms with Crippen LogP contribution in [0.3, 0.4) is 0 Å². The van der Waals surface area contributed by atoms with E-state index in [0.717, 1.165) is 9.13 Å². The molecule has 3 heterocycles. The number of carbonyl (C=O) groups is 3. The van der Waals surface area contributed by atoms with Crippen molar-refractivity contribution in [2.24, 2.45) is 0 Å². The van der Waals surface area contributed by atoms with Gasteiger partial charge in [-0.1, -0.05) is 26.0 Å². The SMILES string of the molecule is CCC(=O)O[C@@H]1[C@H](OC(=O)CC)[C@@H](C(=O)N(C)C)O[C@H]1n1cnc2c(NCc3cccc(I)c3)nc(Cl)nc21. The minimum Gasteiger partial charge on any atom is -0.455 e. The normalized spacial score (nSPS) is 20.6. The van der Waals surface area contributed by atoms with E-state index in [9.17, 15) is 14.4 Å². The fourth-order valence-electron chi connectivity index (χ4n) is 4.07. The number of rotatable bonds is 9. The molecule has 14 heteroatoms. The van der Waals surface area contributed by atoms with Gasteiger partial charge in [-0.25, -0.2) is 4.98 Å². The van der Waals surface area contributed by atoms with Crippen molar-refractivity contribution in [3.05, 3.63) is 45.0 Å². The zero-order chi connectivity index (χ0) is 28.3. The van der Waals surface area contributed by atoms with Gasteiger partial charge < -0.3 is 24.4 Å². The van der Waals surface area contributed by atoms with Crippen LogP contribution in [0.1, 0.15) is 38.5 Å². The molecule has 1 saturated heterocycles. The van der Waals surface area contributed by atoms with E-state index < -0.39 is 42.4 Å². The highest BCUT2D eigenvalue weighted by atomic mass is 127. The molecule has 1 aliphatic rings. The van der Waals surface area contributed by atoms with Crippen LogP contribution in [0, 0.1) is 3.57 Å². The van der Waals surface area contributed by atoms with E-state index in [0.29, 0.717) is 17.9 Å². The summed E-state index contributed by atoms with van der Waals surface area (Å²) in [6.45, 7) is 3.71. The predicted octanol–water partition coefficient (Wildman–Crippen LogP) is 3.33. The molecule has 12 nitrogen and oxygen atoms in total. The number of halogens is 2. The van der Waals surface area contributed by atoms with Crippen LogP contribution < -0.4 is 5.32 Å². The highest BCUT2D eigenvalue weighted by Crippen LogP contribution is 2.37. The number of nitrogens with one attached hydrogen (secondary N) is 1. The Morgan fingerprint density at radius 1 is 1.13 bits per heavy atom. The Kier molecular flexibility index (Phi) is 9.23. The van der Waals surface area contributed by atoms with Gasteiger partial charge >= 0.3 is 11.9 Å². The Labute approximate surface area is 243 Å². The zero-order valence-electron chi connectivity index (χ0n) is 21.8. The van der Waals surface area contributed by atoms with E-state index in [4.69, 9.17) is 25.8 Å². The lowest BCUT2D eigenvalue weighted by molar-refractivity contribution is -0.169. The molecule has 3 aromatic rings. The average Bonchev–Trinajstić information content (AvgIpc) is 3.47. The number of hydrogen-bond donors (Lipinski definition) is 1. The molecule has 1 aromatic carbocycles. The van der Waals surface area contributed by atoms with E-state index in [1.807, 2.05) is 24.3 Å². The average molecular weight is 671 g/mol. The molecule has 1 aliphatic heterocycles. The van der Waals surface area contributed by atoms with Gasteiger partial charge in [0.25, 0.3) is 5.91 Å². The second-order valence-corrected chi connectivity index (χ2v) is 10.5. The van der Waals surface area contributed by atoms with Crippen molar-refractivity contribution in [1.82, 2.24) is 24.4 Å². The van der Waals surface area contributed by atoms with Gasteiger partial charge in [-0.05, 0) is 51.9 Å². The summed E-state index contributed by atoms with van der Waals surface area (Å²) in [5, 5.41) is 3.19. The Balaban J connectivity index is 1.74. The van der Waals surface area contributed by atoms with Crippen LogP contribution in [-0.2, 0) is 35.1 Å². The third-order valence-electron chi connectivity index (χ3n) is 6.00. The largest absolute Gasteiger partial charge is 0.455 e. The standard InChI is InChI=1S/C25H28ClIN6O6/c1-5-15(34)37-18-19(23(36)32(3)4)39-24(20(18)38-16(35)6-2)33-12-29-17-21(30-25(26)31-22(17)33)28-11-13-8-7-9-14(27)10-13/h7-10,12,18-20,24H,5-6,11H2,1-4H3,(H,28,30,31)/t18-,19+,20-,24-/m1/s1. The van der Waals surface area contributed by atoms with Crippen molar-refractivity contribution in [2.75, 3.05) is 19.4 Å². The Morgan fingerprint density at radius 3 is 2.46 bits per heavy atom. The summed E-state index contributed by atoms with van der Waals surface area (Å²) in [5.74, 6) is -1.19. The molecule has 0 spiro atoms. The van der Waals surface area contributed by atoms with Crippen molar-refractivity contribution in [3.8, 4) is 0 Å². The van der Waals surface area contributed by atoms with Crippen LogP contribution in [0.5, 0.6) is 0 Å². The van der Waals surface area contributed by atoms with E-state index in [1.165, 1.54) is 15.8 Å². The minimum absolute atomic E-state index is 0.0515. The van der Waals surface area contributed by atoms with Crippen LogP contribution in [0.15, 0.2) is 30.6 Å². The minimum atomic E-state index is -1.23. The van der Waals surface area contributed by atoms with Crippen LogP contribution in [0.2, 0.25) is 5.28 Å². The van der Waals surface area contributed by atoms with Crippen LogP contribution >= 0.6 is 34.2 Å². The summed E-state index contributed by atoms with van der Waals surface area (Å²) in [6, 6.07) is 7.96. The maximum atomic E-state index is 13.0. The number of esters is 2. The number of benzene rings is 1. The molecule has 4 atom stereocenters. The summed E-state index contributed by atoms with van der Waals surface area (Å²) in [5.41, 5.74) is 1.69. The summed E-state index contributed by atoms with van der Waals surface area (Å²) in [4.78, 5) is 52.2. The number of aromatic nitrogens is 4. The zero-order valence-corrected chi connectivity index (χ0v) is 24.7. The molecular formula is C25H28ClIN6O6. The number of nitrogens with zero attached hydrogens (tertiary/aromatic N) is 5. The highest BCUT2D eigenvalue weighted by Gasteiger charge is 2.54. The molecule has 2 aromatic heterocycles. The lowest BCUT2D eigenvalue weighted by Gasteiger charge is -2.25. The molecule has 4 rings (SSSR count). The van der Waals surface area contributed by atoms with E-state index in [1.54, 1.807) is 27.9 Å². The van der Waals surface area contributed by atoms with Gasteiger partial charge in [0.1, 0.15) is 0 Å². The number of hydrogen-bond acceptors (Lipinski definition) is 10. The summed E-state index contributed by atoms with van der Waals surface area (Å²) >= 11 is 8.53. The van der Waals surface area contributed by atoms with Crippen molar-refractivity contribution in [1.29, 1.82) is 0 Å². The second-order valence-electron chi connectivity index (χ2n) is 8.94. The van der Waals surface area contributed by atoms with Gasteiger partial charge in [0.15, 0.2) is 41.5 Å². The monoisotopic (exact) mass is 670 g/mol. The molecular weight excluding hydrogens is 643 g/mol. The maximum absolute atomic E-state index is 13.0. The topological polar surface area (TPSA) is 138 Å². The molecule has 1 fully saturated rings. The second kappa shape index (κ2) is 12.4. The number of likely N-dealkylation sites (N-methyl/N-ethyl adjacent to an activating group) is 1. The predicted molar refractivity (Wildman–Crippen MR) is 150 cm³/mol. The molecule has 0 unspecified atom stereocenters. The molecule has 0 radical (unpaired) electrons. The number of amides is 1. The number of ether oxygens (including phenoxy) is 3. The van der Waals surface area contributed by atoms with Crippen LogP contribution in [-0.4, -0.2) is 74.7 Å². The number of imidazole rings is 1. The molecule has 0 saturated carbocycles. The van der Waals surface area contributed by atoms with E-state index in [-0.39, 0.29) is 23.8 Å².